The molecule has 4 atom stereocenters. The first-order valence-corrected chi connectivity index (χ1v) is 14.7. The second-order valence-corrected chi connectivity index (χ2v) is 12.4. The highest BCUT2D eigenvalue weighted by molar-refractivity contribution is 7.89. The summed E-state index contributed by atoms with van der Waals surface area (Å²) in [6.07, 6.45) is 1.44. The van der Waals surface area contributed by atoms with Crippen molar-refractivity contribution in [2.45, 2.75) is 43.3 Å². The SMILES string of the molecule is CN[S+]([O-])c1csc(CNC(=O)[C@@H]2C[C@]3(C)C[C@@H]3N2C(=O)CNC(=O)c2ccc(Oc3ccccc3)cc2)c1. The first-order chi connectivity index (χ1) is 18.8. The number of amides is 3. The van der Waals surface area contributed by atoms with Crippen LogP contribution in [0.4, 0.5) is 0 Å². The molecular weight excluding hydrogens is 536 g/mol. The van der Waals surface area contributed by atoms with Crippen molar-refractivity contribution in [2.24, 2.45) is 5.41 Å². The van der Waals surface area contributed by atoms with Crippen molar-refractivity contribution in [1.29, 1.82) is 0 Å². The number of ether oxygens (including phenoxy) is 1. The molecule has 0 bridgehead atoms. The molecule has 2 heterocycles. The molecule has 3 aromatic rings. The fourth-order valence-corrected chi connectivity index (χ4v) is 6.71. The number of fused-ring (bicyclic) bond motifs is 1. The number of carbonyl (C=O) groups excluding carboxylic acids is 3. The van der Waals surface area contributed by atoms with E-state index in [2.05, 4.69) is 22.3 Å². The van der Waals surface area contributed by atoms with Gasteiger partial charge in [0.2, 0.25) is 11.8 Å². The Bertz CT molecular complexity index is 1350. The third kappa shape index (κ3) is 6.11. The van der Waals surface area contributed by atoms with E-state index < -0.39 is 17.4 Å². The molecule has 1 aliphatic heterocycles. The molecule has 39 heavy (non-hydrogen) atoms. The molecule has 3 N–H and O–H groups in total. The molecule has 2 aromatic carbocycles. The Kier molecular flexibility index (Phi) is 7.94. The van der Waals surface area contributed by atoms with Gasteiger partial charge in [0.25, 0.3) is 5.91 Å². The van der Waals surface area contributed by atoms with Crippen molar-refractivity contribution in [3.05, 3.63) is 76.5 Å². The highest BCUT2D eigenvalue weighted by Crippen LogP contribution is 2.59. The summed E-state index contributed by atoms with van der Waals surface area (Å²) >= 11 is 0.142. The maximum atomic E-state index is 13.2. The maximum absolute atomic E-state index is 13.2. The van der Waals surface area contributed by atoms with Gasteiger partial charge in [0.05, 0.1) is 24.5 Å². The van der Waals surface area contributed by atoms with Crippen LogP contribution in [0.25, 0.3) is 0 Å². The molecule has 5 rings (SSSR count). The maximum Gasteiger partial charge on any atom is 0.251 e. The highest BCUT2D eigenvalue weighted by Gasteiger charge is 2.64. The number of nitrogens with zero attached hydrogens (tertiary/aromatic N) is 1. The van der Waals surface area contributed by atoms with Crippen LogP contribution < -0.4 is 20.1 Å². The molecule has 11 heteroatoms. The van der Waals surface area contributed by atoms with Crippen molar-refractivity contribution < 1.29 is 23.7 Å². The number of nitrogens with one attached hydrogen (secondary N) is 3. The van der Waals surface area contributed by atoms with Gasteiger partial charge in [-0.3, -0.25) is 14.4 Å². The van der Waals surface area contributed by atoms with E-state index in [1.54, 1.807) is 47.7 Å². The van der Waals surface area contributed by atoms with Gasteiger partial charge in [-0.25, -0.2) is 0 Å². The molecular formula is C28H30N4O5S2. The molecule has 2 fully saturated rings. The van der Waals surface area contributed by atoms with Crippen LogP contribution in [0.5, 0.6) is 11.5 Å². The van der Waals surface area contributed by atoms with Gasteiger partial charge in [0.1, 0.15) is 17.5 Å². The molecule has 204 valence electrons. The number of hydrogen-bond acceptors (Lipinski definition) is 7. The van der Waals surface area contributed by atoms with Crippen LogP contribution in [0.15, 0.2) is 70.9 Å². The molecule has 1 aromatic heterocycles. The Labute approximate surface area is 234 Å². The van der Waals surface area contributed by atoms with Gasteiger partial charge < -0.3 is 24.8 Å². The minimum absolute atomic E-state index is 0.00142. The largest absolute Gasteiger partial charge is 0.593 e. The fourth-order valence-electron chi connectivity index (χ4n) is 4.97. The van der Waals surface area contributed by atoms with Crippen molar-refractivity contribution in [3.63, 3.8) is 0 Å². The van der Waals surface area contributed by atoms with Crippen LogP contribution in [0.2, 0.25) is 0 Å². The third-order valence-electron chi connectivity index (χ3n) is 7.19. The predicted octanol–water partition coefficient (Wildman–Crippen LogP) is 3.21. The Morgan fingerprint density at radius 2 is 1.79 bits per heavy atom. The molecule has 0 spiro atoms. The van der Waals surface area contributed by atoms with E-state index in [9.17, 15) is 18.9 Å². The molecule has 1 saturated heterocycles. The number of thiophene rings is 1. The monoisotopic (exact) mass is 566 g/mol. The average Bonchev–Trinajstić information content (AvgIpc) is 3.26. The van der Waals surface area contributed by atoms with Gasteiger partial charge in [0.15, 0.2) is 4.90 Å². The first-order valence-electron chi connectivity index (χ1n) is 12.6. The van der Waals surface area contributed by atoms with Crippen molar-refractivity contribution in [3.8, 4) is 11.5 Å². The van der Waals surface area contributed by atoms with E-state index in [4.69, 9.17) is 4.74 Å². The van der Waals surface area contributed by atoms with Crippen molar-refractivity contribution in [1.82, 2.24) is 20.3 Å². The molecule has 1 aliphatic carbocycles. The van der Waals surface area contributed by atoms with Crippen molar-refractivity contribution >= 4 is 40.4 Å². The normalized spacial score (nSPS) is 22.1. The van der Waals surface area contributed by atoms with Crippen LogP contribution in [0.1, 0.15) is 35.0 Å². The standard InChI is InChI=1S/C28H30N4O5S2/c1-28-13-23(27(35)30-15-21-12-22(17-38-21)39(36)29-2)32(24(28)14-28)25(33)16-31-26(34)18-8-10-20(11-9-18)37-19-6-4-3-5-7-19/h3-12,17,23-24,29H,13-16H2,1-2H3,(H,30,35)(H,31,34)/t23-,24-,28+,39?/m0/s1. The van der Waals surface area contributed by atoms with E-state index in [0.29, 0.717) is 34.9 Å². The minimum Gasteiger partial charge on any atom is -0.593 e. The van der Waals surface area contributed by atoms with Gasteiger partial charge in [0, 0.05) is 35.0 Å². The average molecular weight is 567 g/mol. The molecule has 3 amide bonds. The lowest BCUT2D eigenvalue weighted by Gasteiger charge is -2.27. The number of likely N-dealkylation sites (tertiary alicyclic amines) is 1. The summed E-state index contributed by atoms with van der Waals surface area (Å²) in [6, 6.07) is 17.2. The van der Waals surface area contributed by atoms with Crippen LogP contribution >= 0.6 is 11.3 Å². The summed E-state index contributed by atoms with van der Waals surface area (Å²) in [6.45, 7) is 2.19. The second kappa shape index (κ2) is 11.4. The van der Waals surface area contributed by atoms with Gasteiger partial charge >= 0.3 is 0 Å². The minimum atomic E-state index is -1.28. The summed E-state index contributed by atoms with van der Waals surface area (Å²) < 4.78 is 20.3. The lowest BCUT2D eigenvalue weighted by Crippen LogP contribution is -2.50. The Balaban J connectivity index is 1.15. The third-order valence-corrected chi connectivity index (χ3v) is 9.31. The Morgan fingerprint density at radius 1 is 1.08 bits per heavy atom. The molecule has 1 saturated carbocycles. The smallest absolute Gasteiger partial charge is 0.251 e. The number of rotatable bonds is 10. The van der Waals surface area contributed by atoms with Gasteiger partial charge in [-0.2, -0.15) is 0 Å². The topological polar surface area (TPSA) is 123 Å². The van der Waals surface area contributed by atoms with Gasteiger partial charge in [-0.05, 0) is 54.7 Å². The van der Waals surface area contributed by atoms with E-state index in [1.165, 1.54) is 11.3 Å². The number of para-hydroxylation sites is 1. The van der Waals surface area contributed by atoms with Crippen LogP contribution in [-0.2, 0) is 27.5 Å². The van der Waals surface area contributed by atoms with Gasteiger partial charge in [-0.15, -0.1) is 16.1 Å². The van der Waals surface area contributed by atoms with Gasteiger partial charge in [-0.1, -0.05) is 25.1 Å². The second-order valence-electron chi connectivity index (χ2n) is 9.96. The summed E-state index contributed by atoms with van der Waals surface area (Å²) in [5.74, 6) is 0.424. The van der Waals surface area contributed by atoms with Crippen LogP contribution in [-0.4, -0.2) is 52.9 Å². The van der Waals surface area contributed by atoms with E-state index in [0.717, 1.165) is 11.3 Å². The summed E-state index contributed by atoms with van der Waals surface area (Å²) in [4.78, 5) is 42.2. The van der Waals surface area contributed by atoms with E-state index >= 15 is 0 Å². The van der Waals surface area contributed by atoms with Crippen LogP contribution in [0.3, 0.4) is 0 Å². The van der Waals surface area contributed by atoms with Crippen molar-refractivity contribution in [2.75, 3.05) is 13.6 Å². The zero-order valence-corrected chi connectivity index (χ0v) is 23.3. The number of benzene rings is 2. The van der Waals surface area contributed by atoms with E-state index in [1.807, 2.05) is 30.3 Å². The number of hydrogen-bond donors (Lipinski definition) is 3. The first kappa shape index (κ1) is 27.2. The fraction of sp³-hybridized carbons (Fsp3) is 0.321. The lowest BCUT2D eigenvalue weighted by molar-refractivity contribution is -0.139. The zero-order chi connectivity index (χ0) is 27.6. The molecule has 1 unspecified atom stereocenters. The number of carbonyl (C=O) groups is 3. The predicted molar refractivity (Wildman–Crippen MR) is 149 cm³/mol. The Hall–Kier alpha value is -3.38. The highest BCUT2D eigenvalue weighted by atomic mass is 32.2. The lowest BCUT2D eigenvalue weighted by atomic mass is 10.0. The van der Waals surface area contributed by atoms with E-state index in [-0.39, 0.29) is 35.7 Å². The quantitative estimate of drug-likeness (QED) is 0.324. The molecule has 0 radical (unpaired) electrons. The Morgan fingerprint density at radius 3 is 2.51 bits per heavy atom. The molecule has 2 aliphatic rings. The number of piperidine rings is 1. The summed E-state index contributed by atoms with van der Waals surface area (Å²) in [7, 11) is 1.62. The summed E-state index contributed by atoms with van der Waals surface area (Å²) in [5.41, 5.74) is 0.334. The van der Waals surface area contributed by atoms with Crippen LogP contribution in [0, 0.1) is 5.41 Å². The summed E-state index contributed by atoms with van der Waals surface area (Å²) in [5, 5.41) is 7.42. The molecule has 9 nitrogen and oxygen atoms in total. The zero-order valence-electron chi connectivity index (χ0n) is 21.6.